The van der Waals surface area contributed by atoms with Crippen molar-refractivity contribution >= 4 is 0 Å². The summed E-state index contributed by atoms with van der Waals surface area (Å²) in [5.74, 6) is 0.676. The van der Waals surface area contributed by atoms with Gasteiger partial charge < -0.3 is 4.74 Å². The Labute approximate surface area is 106 Å². The monoisotopic (exact) mass is 232 g/mol. The summed E-state index contributed by atoms with van der Waals surface area (Å²) in [6.07, 6.45) is 8.04. The quantitative estimate of drug-likeness (QED) is 0.470. The van der Waals surface area contributed by atoms with Crippen LogP contribution in [-0.4, -0.2) is 6.61 Å². The van der Waals surface area contributed by atoms with Crippen LogP contribution in [0.25, 0.3) is 0 Å². The van der Waals surface area contributed by atoms with Gasteiger partial charge in [-0.15, -0.1) is 0 Å². The molecule has 0 amide bonds. The predicted molar refractivity (Wildman–Crippen MR) is 73.9 cm³/mol. The van der Waals surface area contributed by atoms with Gasteiger partial charge in [0.25, 0.3) is 0 Å². The molecule has 1 rings (SSSR count). The second-order valence-corrected chi connectivity index (χ2v) is 4.49. The summed E-state index contributed by atoms with van der Waals surface area (Å²) in [4.78, 5) is 0. The lowest BCUT2D eigenvalue weighted by molar-refractivity contribution is 0.115. The third kappa shape index (κ3) is 6.96. The number of hydrogen-bond donors (Lipinski definition) is 0. The maximum atomic E-state index is 5.65. The molecule has 0 fully saturated rings. The molecular weight excluding hydrogens is 208 g/mol. The lowest BCUT2D eigenvalue weighted by atomic mass is 10.1. The van der Waals surface area contributed by atoms with Crippen molar-refractivity contribution in [3.8, 4) is 0 Å². The highest BCUT2D eigenvalue weighted by Crippen LogP contribution is 2.08. The van der Waals surface area contributed by atoms with E-state index < -0.39 is 0 Å². The summed E-state index contributed by atoms with van der Waals surface area (Å²) < 4.78 is 5.65. The number of hydrogen-bond acceptors (Lipinski definition) is 1. The zero-order valence-corrected chi connectivity index (χ0v) is 11.1. The third-order valence-corrected chi connectivity index (χ3v) is 2.76. The Hall–Kier alpha value is -1.08. The lowest BCUT2D eigenvalue weighted by Crippen LogP contribution is -1.98. The number of benzene rings is 1. The van der Waals surface area contributed by atoms with Gasteiger partial charge in [0.1, 0.15) is 0 Å². The lowest BCUT2D eigenvalue weighted by Gasteiger charge is -2.07. The van der Waals surface area contributed by atoms with Crippen LogP contribution < -0.4 is 0 Å². The van der Waals surface area contributed by atoms with Crippen molar-refractivity contribution in [2.24, 2.45) is 5.92 Å². The smallest absolute Gasteiger partial charge is 0.0716 e. The third-order valence-electron chi connectivity index (χ3n) is 2.76. The topological polar surface area (TPSA) is 9.23 Å². The molecule has 1 aromatic rings. The highest BCUT2D eigenvalue weighted by atomic mass is 16.5. The van der Waals surface area contributed by atoms with Crippen molar-refractivity contribution in [2.45, 2.75) is 39.7 Å². The molecule has 1 nitrogen and oxygen atoms in total. The van der Waals surface area contributed by atoms with E-state index >= 15 is 0 Å². The second kappa shape index (κ2) is 9.00. The molecule has 0 saturated carbocycles. The van der Waals surface area contributed by atoms with E-state index in [9.17, 15) is 0 Å². The average molecular weight is 232 g/mol. The first-order valence-electron chi connectivity index (χ1n) is 6.61. The predicted octanol–water partition coefficient (Wildman–Crippen LogP) is 4.59. The summed E-state index contributed by atoms with van der Waals surface area (Å²) in [6.45, 7) is 6.04. The summed E-state index contributed by atoms with van der Waals surface area (Å²) in [6, 6.07) is 10.3. The molecule has 0 aliphatic heterocycles. The maximum absolute atomic E-state index is 5.65. The summed E-state index contributed by atoms with van der Waals surface area (Å²) in [7, 11) is 0. The highest BCUT2D eigenvalue weighted by molar-refractivity contribution is 5.13. The molecule has 0 heterocycles. The Bertz CT molecular complexity index is 303. The Morgan fingerprint density at radius 3 is 2.71 bits per heavy atom. The zero-order chi connectivity index (χ0) is 12.3. The van der Waals surface area contributed by atoms with Crippen LogP contribution in [0.15, 0.2) is 42.5 Å². The Morgan fingerprint density at radius 1 is 1.24 bits per heavy atom. The fourth-order valence-corrected chi connectivity index (χ4v) is 1.74. The van der Waals surface area contributed by atoms with Gasteiger partial charge in [0, 0.05) is 6.61 Å². The first-order valence-corrected chi connectivity index (χ1v) is 6.61. The van der Waals surface area contributed by atoms with Crippen molar-refractivity contribution in [2.75, 3.05) is 6.61 Å². The van der Waals surface area contributed by atoms with E-state index in [1.165, 1.54) is 12.0 Å². The molecule has 0 aliphatic carbocycles. The Kier molecular flexibility index (Phi) is 7.40. The van der Waals surface area contributed by atoms with Gasteiger partial charge in [0.2, 0.25) is 0 Å². The van der Waals surface area contributed by atoms with E-state index in [0.29, 0.717) is 5.92 Å². The van der Waals surface area contributed by atoms with E-state index in [0.717, 1.165) is 26.1 Å². The van der Waals surface area contributed by atoms with Crippen LogP contribution in [0.1, 0.15) is 38.7 Å². The summed E-state index contributed by atoms with van der Waals surface area (Å²) in [5, 5.41) is 0. The minimum atomic E-state index is 0.676. The molecule has 0 unspecified atom stereocenters. The fraction of sp³-hybridized carbons (Fsp3) is 0.500. The molecule has 0 spiro atoms. The normalized spacial score (nSPS) is 13.1. The van der Waals surface area contributed by atoms with Crippen molar-refractivity contribution in [3.05, 3.63) is 48.0 Å². The molecule has 0 radical (unpaired) electrons. The first kappa shape index (κ1) is 14.0. The minimum Gasteiger partial charge on any atom is -0.377 e. The second-order valence-electron chi connectivity index (χ2n) is 4.49. The molecule has 0 N–H and O–H groups in total. The van der Waals surface area contributed by atoms with Gasteiger partial charge in [0.05, 0.1) is 6.61 Å². The average Bonchev–Trinajstić information content (AvgIpc) is 2.37. The van der Waals surface area contributed by atoms with E-state index in [2.05, 4.69) is 50.3 Å². The van der Waals surface area contributed by atoms with Gasteiger partial charge in [-0.2, -0.15) is 0 Å². The highest BCUT2D eigenvalue weighted by Gasteiger charge is 1.97. The molecule has 0 saturated heterocycles. The Balaban J connectivity index is 2.03. The van der Waals surface area contributed by atoms with Crippen LogP contribution in [0.4, 0.5) is 0 Å². The van der Waals surface area contributed by atoms with Crippen LogP contribution in [0.5, 0.6) is 0 Å². The fourth-order valence-electron chi connectivity index (χ4n) is 1.74. The maximum Gasteiger partial charge on any atom is 0.0716 e. The first-order chi connectivity index (χ1) is 8.33. The largest absolute Gasteiger partial charge is 0.377 e. The molecule has 1 heteroatoms. The van der Waals surface area contributed by atoms with Crippen molar-refractivity contribution in [1.82, 2.24) is 0 Å². The molecule has 1 aromatic carbocycles. The summed E-state index contributed by atoms with van der Waals surface area (Å²) in [5.41, 5.74) is 1.26. The van der Waals surface area contributed by atoms with Gasteiger partial charge >= 0.3 is 0 Å². The van der Waals surface area contributed by atoms with Crippen LogP contribution in [-0.2, 0) is 11.3 Å². The van der Waals surface area contributed by atoms with Gasteiger partial charge in [-0.05, 0) is 30.7 Å². The van der Waals surface area contributed by atoms with Crippen molar-refractivity contribution in [3.63, 3.8) is 0 Å². The Morgan fingerprint density at radius 2 is 2.00 bits per heavy atom. The number of allylic oxidation sites excluding steroid dienone is 2. The molecule has 0 bridgehead atoms. The number of ether oxygens (including phenoxy) is 1. The van der Waals surface area contributed by atoms with E-state index in [1.54, 1.807) is 0 Å². The zero-order valence-electron chi connectivity index (χ0n) is 11.1. The van der Waals surface area contributed by atoms with Gasteiger partial charge in [-0.1, -0.05) is 56.3 Å². The van der Waals surface area contributed by atoms with E-state index in [-0.39, 0.29) is 0 Å². The molecule has 94 valence electrons. The van der Waals surface area contributed by atoms with E-state index in [4.69, 9.17) is 4.74 Å². The molecule has 0 aliphatic rings. The van der Waals surface area contributed by atoms with Gasteiger partial charge in [-0.3, -0.25) is 0 Å². The van der Waals surface area contributed by atoms with Crippen LogP contribution in [0.3, 0.4) is 0 Å². The van der Waals surface area contributed by atoms with Crippen LogP contribution in [0.2, 0.25) is 0 Å². The molecule has 1 atom stereocenters. The van der Waals surface area contributed by atoms with E-state index in [1.807, 2.05) is 6.07 Å². The van der Waals surface area contributed by atoms with Crippen molar-refractivity contribution in [1.29, 1.82) is 0 Å². The van der Waals surface area contributed by atoms with Crippen LogP contribution >= 0.6 is 0 Å². The summed E-state index contributed by atoms with van der Waals surface area (Å²) >= 11 is 0. The molecule has 0 aromatic heterocycles. The minimum absolute atomic E-state index is 0.676. The van der Waals surface area contributed by atoms with Gasteiger partial charge in [-0.25, -0.2) is 0 Å². The number of rotatable bonds is 8. The van der Waals surface area contributed by atoms with Crippen molar-refractivity contribution < 1.29 is 4.74 Å². The van der Waals surface area contributed by atoms with Gasteiger partial charge in [0.15, 0.2) is 0 Å². The molecular formula is C16H24O. The van der Waals surface area contributed by atoms with Crippen LogP contribution in [0, 0.1) is 5.92 Å². The standard InChI is InChI=1S/C16H24O/c1-3-4-9-15(2)10-8-13-17-14-16-11-6-5-7-12-16/h4-7,9,11-12,15H,3,8,10,13-14H2,1-2H3/b9-4-/t15-/m1/s1. The molecule has 17 heavy (non-hydrogen) atoms. The SMILES string of the molecule is CC/C=C\[C@@H](C)CCCOCc1ccccc1.